The number of benzene rings is 3. The minimum atomic E-state index is -0.433. The van der Waals surface area contributed by atoms with E-state index in [0.29, 0.717) is 34.6 Å². The quantitative estimate of drug-likeness (QED) is 0.103. The number of carbonyl (C=O) groups excluding carboxylic acids is 2. The standard InChI is InChI=1S/C21H16N2O2.C15H11BrN2O2/c1-2-25-21(24)20-18-16(15-10-6-7-11-17(15)23-20)12-13-22-19(18)14-8-4-3-5-9-14;1-2-20-15(19)13-12-10(7-8-17-14(12)16)9-5-3-4-6-11(9)18-13/h3-13H,2H2,1H3;3-8H,2H2,1H3. The first-order valence-electron chi connectivity index (χ1n) is 14.4. The number of para-hydroxylation sites is 2. The first-order valence-corrected chi connectivity index (χ1v) is 15.2. The van der Waals surface area contributed by atoms with Gasteiger partial charge in [-0.15, -0.1) is 0 Å². The van der Waals surface area contributed by atoms with Crippen molar-refractivity contribution >= 4 is 71.2 Å². The lowest BCUT2D eigenvalue weighted by Gasteiger charge is -2.12. The van der Waals surface area contributed by atoms with Crippen LogP contribution in [0.2, 0.25) is 0 Å². The molecule has 45 heavy (non-hydrogen) atoms. The molecule has 0 bridgehead atoms. The van der Waals surface area contributed by atoms with Gasteiger partial charge in [-0.1, -0.05) is 66.7 Å². The average Bonchev–Trinajstić information content (AvgIpc) is 3.08. The van der Waals surface area contributed by atoms with Gasteiger partial charge in [0.25, 0.3) is 0 Å². The number of carbonyl (C=O) groups is 2. The van der Waals surface area contributed by atoms with Crippen LogP contribution in [0.5, 0.6) is 0 Å². The summed E-state index contributed by atoms with van der Waals surface area (Å²) in [5, 5.41) is 5.27. The second-order valence-electron chi connectivity index (χ2n) is 9.87. The summed E-state index contributed by atoms with van der Waals surface area (Å²) in [5.74, 6) is -0.861. The van der Waals surface area contributed by atoms with Crippen molar-refractivity contribution in [1.29, 1.82) is 0 Å². The van der Waals surface area contributed by atoms with Gasteiger partial charge in [0.05, 0.1) is 29.9 Å². The second-order valence-corrected chi connectivity index (χ2v) is 10.6. The molecule has 7 rings (SSSR count). The maximum Gasteiger partial charge on any atom is 0.357 e. The summed E-state index contributed by atoms with van der Waals surface area (Å²) >= 11 is 3.39. The van der Waals surface area contributed by atoms with E-state index in [1.807, 2.05) is 91.0 Å². The Hall–Kier alpha value is -5.28. The van der Waals surface area contributed by atoms with Crippen molar-refractivity contribution in [3.05, 3.63) is 119 Å². The number of esters is 2. The molecule has 0 aliphatic heterocycles. The zero-order valence-corrected chi connectivity index (χ0v) is 26.1. The predicted octanol–water partition coefficient (Wildman–Crippen LogP) is 8.35. The van der Waals surface area contributed by atoms with Crippen molar-refractivity contribution in [2.45, 2.75) is 13.8 Å². The molecule has 0 aliphatic rings. The molecule has 0 aliphatic carbocycles. The summed E-state index contributed by atoms with van der Waals surface area (Å²) in [5.41, 5.74) is 3.81. The first kappa shape index (κ1) is 29.8. The largest absolute Gasteiger partial charge is 0.461 e. The van der Waals surface area contributed by atoms with Crippen LogP contribution in [0.25, 0.3) is 54.6 Å². The predicted molar refractivity (Wildman–Crippen MR) is 179 cm³/mol. The Morgan fingerprint density at radius 1 is 0.600 bits per heavy atom. The Morgan fingerprint density at radius 2 is 1.09 bits per heavy atom. The van der Waals surface area contributed by atoms with Crippen molar-refractivity contribution in [1.82, 2.24) is 19.9 Å². The van der Waals surface area contributed by atoms with E-state index in [1.165, 1.54) is 0 Å². The molecule has 8 nitrogen and oxygen atoms in total. The fourth-order valence-corrected chi connectivity index (χ4v) is 5.79. The fraction of sp³-hybridized carbons (Fsp3) is 0.111. The van der Waals surface area contributed by atoms with Gasteiger partial charge in [0.15, 0.2) is 11.4 Å². The smallest absolute Gasteiger partial charge is 0.357 e. The summed E-state index contributed by atoms with van der Waals surface area (Å²) in [7, 11) is 0. The molecule has 0 unspecified atom stereocenters. The molecule has 0 fully saturated rings. The zero-order valence-electron chi connectivity index (χ0n) is 24.5. The van der Waals surface area contributed by atoms with Crippen LogP contribution >= 0.6 is 15.9 Å². The van der Waals surface area contributed by atoms with Gasteiger partial charge in [0.1, 0.15) is 4.60 Å². The first-order chi connectivity index (χ1) is 22.0. The maximum absolute atomic E-state index is 12.6. The Kier molecular flexibility index (Phi) is 8.70. The van der Waals surface area contributed by atoms with Gasteiger partial charge in [0.2, 0.25) is 0 Å². The van der Waals surface area contributed by atoms with Gasteiger partial charge in [-0.25, -0.2) is 24.5 Å². The highest BCUT2D eigenvalue weighted by atomic mass is 79.9. The number of rotatable bonds is 5. The fourth-order valence-electron chi connectivity index (χ4n) is 5.27. The van der Waals surface area contributed by atoms with Crippen LogP contribution in [0.3, 0.4) is 0 Å². The maximum atomic E-state index is 12.6. The highest BCUT2D eigenvalue weighted by molar-refractivity contribution is 9.10. The Morgan fingerprint density at radius 3 is 1.67 bits per heavy atom. The highest BCUT2D eigenvalue weighted by Gasteiger charge is 2.21. The second kappa shape index (κ2) is 13.2. The van der Waals surface area contributed by atoms with E-state index in [2.05, 4.69) is 35.9 Å². The Balaban J connectivity index is 0.000000163. The number of fused-ring (bicyclic) bond motifs is 6. The summed E-state index contributed by atoms with van der Waals surface area (Å²) in [6.45, 7) is 4.18. The van der Waals surface area contributed by atoms with Crippen LogP contribution in [0.15, 0.2) is 108 Å². The normalized spacial score (nSPS) is 10.9. The van der Waals surface area contributed by atoms with Gasteiger partial charge >= 0.3 is 11.9 Å². The number of nitrogens with zero attached hydrogens (tertiary/aromatic N) is 4. The molecule has 0 saturated carbocycles. The number of halogens is 1. The molecule has 9 heteroatoms. The highest BCUT2D eigenvalue weighted by Crippen LogP contribution is 2.34. The van der Waals surface area contributed by atoms with Gasteiger partial charge in [-0.3, -0.25) is 4.98 Å². The molecule has 0 spiro atoms. The van der Waals surface area contributed by atoms with Gasteiger partial charge < -0.3 is 9.47 Å². The van der Waals surface area contributed by atoms with E-state index in [9.17, 15) is 9.59 Å². The molecule has 3 aromatic carbocycles. The van der Waals surface area contributed by atoms with E-state index in [-0.39, 0.29) is 0 Å². The molecule has 4 aromatic heterocycles. The Bertz CT molecular complexity index is 2210. The number of hydrogen-bond acceptors (Lipinski definition) is 8. The molecule has 4 heterocycles. The van der Waals surface area contributed by atoms with E-state index >= 15 is 0 Å². The number of hydrogen-bond donors (Lipinski definition) is 0. The third-order valence-corrected chi connectivity index (χ3v) is 7.77. The lowest BCUT2D eigenvalue weighted by Crippen LogP contribution is -2.09. The van der Waals surface area contributed by atoms with Crippen molar-refractivity contribution in [2.75, 3.05) is 13.2 Å². The van der Waals surface area contributed by atoms with Gasteiger partial charge in [-0.05, 0) is 64.8 Å². The van der Waals surface area contributed by atoms with Crippen molar-refractivity contribution in [3.8, 4) is 11.3 Å². The molecule has 0 N–H and O–H groups in total. The van der Waals surface area contributed by atoms with Crippen LogP contribution in [-0.2, 0) is 9.47 Å². The van der Waals surface area contributed by atoms with Crippen LogP contribution in [0.1, 0.15) is 34.8 Å². The third kappa shape index (κ3) is 5.82. The SMILES string of the molecule is CCOC(=O)c1nc2ccccc2c2ccnc(-c3ccccc3)c12.CCOC(=O)c1nc2ccccc2c2ccnc(Br)c12. The van der Waals surface area contributed by atoms with Crippen LogP contribution in [-0.4, -0.2) is 45.1 Å². The van der Waals surface area contributed by atoms with Crippen molar-refractivity contribution in [3.63, 3.8) is 0 Å². The average molecular weight is 660 g/mol. The number of ether oxygens (including phenoxy) is 2. The minimum Gasteiger partial charge on any atom is -0.461 e. The van der Waals surface area contributed by atoms with E-state index in [0.717, 1.165) is 49.2 Å². The van der Waals surface area contributed by atoms with Crippen molar-refractivity contribution < 1.29 is 19.1 Å². The summed E-state index contributed by atoms with van der Waals surface area (Å²) in [4.78, 5) is 42.5. The molecule has 222 valence electrons. The molecule has 0 radical (unpaired) electrons. The monoisotopic (exact) mass is 658 g/mol. The van der Waals surface area contributed by atoms with Crippen LogP contribution in [0.4, 0.5) is 0 Å². The zero-order chi connectivity index (χ0) is 31.3. The van der Waals surface area contributed by atoms with Gasteiger partial charge in [0, 0.05) is 39.5 Å². The molecule has 7 aromatic rings. The third-order valence-electron chi connectivity index (χ3n) is 7.17. The topological polar surface area (TPSA) is 104 Å². The van der Waals surface area contributed by atoms with E-state index in [1.54, 1.807) is 26.2 Å². The van der Waals surface area contributed by atoms with Crippen LogP contribution in [0, 0.1) is 0 Å². The Labute approximate surface area is 267 Å². The van der Waals surface area contributed by atoms with E-state index in [4.69, 9.17) is 9.47 Å². The summed E-state index contributed by atoms with van der Waals surface area (Å²) in [6, 6.07) is 29.1. The molecular formula is C36H27BrN4O4. The summed E-state index contributed by atoms with van der Waals surface area (Å²) in [6.07, 6.45) is 3.47. The lowest BCUT2D eigenvalue weighted by atomic mass is 9.99. The molecular weight excluding hydrogens is 632 g/mol. The molecule has 0 saturated heterocycles. The molecule has 0 amide bonds. The lowest BCUT2D eigenvalue weighted by molar-refractivity contribution is 0.0513. The minimum absolute atomic E-state index is 0.292. The number of pyridine rings is 4. The number of aromatic nitrogens is 4. The summed E-state index contributed by atoms with van der Waals surface area (Å²) < 4.78 is 10.9. The van der Waals surface area contributed by atoms with Gasteiger partial charge in [-0.2, -0.15) is 0 Å². The molecule has 0 atom stereocenters. The van der Waals surface area contributed by atoms with Crippen molar-refractivity contribution in [2.24, 2.45) is 0 Å². The van der Waals surface area contributed by atoms with E-state index < -0.39 is 11.9 Å². The van der Waals surface area contributed by atoms with Crippen LogP contribution < -0.4 is 0 Å².